The standard InChI is InChI=1S/C15H20N4S/c1-3-13-10-17-14(20-13)11-19-15(16-2)18-9-12-7-5-4-6-8-12/h4-8,10H,3,9,11H2,1-2H3,(H2,16,18,19). The average molecular weight is 288 g/mol. The number of guanidine groups is 1. The molecule has 0 aliphatic carbocycles. The fourth-order valence-corrected chi connectivity index (χ4v) is 2.56. The zero-order valence-corrected chi connectivity index (χ0v) is 12.7. The van der Waals surface area contributed by atoms with Crippen LogP contribution in [-0.2, 0) is 19.5 Å². The van der Waals surface area contributed by atoms with Gasteiger partial charge in [0.1, 0.15) is 5.01 Å². The Morgan fingerprint density at radius 1 is 1.20 bits per heavy atom. The Kier molecular flexibility index (Phi) is 5.55. The highest BCUT2D eigenvalue weighted by molar-refractivity contribution is 7.11. The molecule has 106 valence electrons. The van der Waals surface area contributed by atoms with Crippen LogP contribution in [0.3, 0.4) is 0 Å². The van der Waals surface area contributed by atoms with Gasteiger partial charge in [0.15, 0.2) is 5.96 Å². The van der Waals surface area contributed by atoms with Gasteiger partial charge in [-0.2, -0.15) is 0 Å². The molecule has 0 radical (unpaired) electrons. The predicted octanol–water partition coefficient (Wildman–Crippen LogP) is 2.57. The molecule has 0 atom stereocenters. The second-order valence-electron chi connectivity index (χ2n) is 4.34. The Morgan fingerprint density at radius 2 is 1.95 bits per heavy atom. The van der Waals surface area contributed by atoms with Crippen LogP contribution in [0.15, 0.2) is 41.5 Å². The highest BCUT2D eigenvalue weighted by Crippen LogP contribution is 2.12. The smallest absolute Gasteiger partial charge is 0.191 e. The van der Waals surface area contributed by atoms with Crippen molar-refractivity contribution in [3.63, 3.8) is 0 Å². The highest BCUT2D eigenvalue weighted by Gasteiger charge is 2.02. The third kappa shape index (κ3) is 4.35. The van der Waals surface area contributed by atoms with Gasteiger partial charge < -0.3 is 10.6 Å². The second kappa shape index (κ2) is 7.65. The number of aromatic nitrogens is 1. The minimum Gasteiger partial charge on any atom is -0.352 e. The molecule has 4 nitrogen and oxygen atoms in total. The summed E-state index contributed by atoms with van der Waals surface area (Å²) in [4.78, 5) is 9.92. The maximum atomic E-state index is 4.38. The van der Waals surface area contributed by atoms with Gasteiger partial charge in [-0.15, -0.1) is 11.3 Å². The molecule has 2 rings (SSSR count). The normalized spacial score (nSPS) is 11.4. The van der Waals surface area contributed by atoms with Crippen LogP contribution >= 0.6 is 11.3 Å². The Hall–Kier alpha value is -1.88. The SMILES string of the molecule is CCc1cnc(CNC(=NC)NCc2ccccc2)s1. The molecule has 0 unspecified atom stereocenters. The number of hydrogen-bond donors (Lipinski definition) is 2. The first-order valence-electron chi connectivity index (χ1n) is 6.74. The maximum Gasteiger partial charge on any atom is 0.191 e. The predicted molar refractivity (Wildman–Crippen MR) is 85.0 cm³/mol. The maximum absolute atomic E-state index is 4.38. The summed E-state index contributed by atoms with van der Waals surface area (Å²) in [7, 11) is 1.78. The summed E-state index contributed by atoms with van der Waals surface area (Å²) in [5.41, 5.74) is 1.23. The van der Waals surface area contributed by atoms with E-state index in [1.807, 2.05) is 24.4 Å². The molecule has 0 spiro atoms. The molecule has 0 aliphatic heterocycles. The lowest BCUT2D eigenvalue weighted by molar-refractivity contribution is 0.805. The van der Waals surface area contributed by atoms with Gasteiger partial charge in [0.25, 0.3) is 0 Å². The molecule has 1 heterocycles. The van der Waals surface area contributed by atoms with Crippen molar-refractivity contribution in [2.24, 2.45) is 4.99 Å². The second-order valence-corrected chi connectivity index (χ2v) is 5.54. The third-order valence-corrected chi connectivity index (χ3v) is 4.02. The zero-order valence-electron chi connectivity index (χ0n) is 11.9. The van der Waals surface area contributed by atoms with Crippen molar-refractivity contribution in [3.05, 3.63) is 52.0 Å². The molecule has 0 amide bonds. The molecular weight excluding hydrogens is 268 g/mol. The summed E-state index contributed by atoms with van der Waals surface area (Å²) in [5, 5.41) is 7.66. The van der Waals surface area contributed by atoms with Gasteiger partial charge in [-0.05, 0) is 12.0 Å². The topological polar surface area (TPSA) is 49.3 Å². The van der Waals surface area contributed by atoms with E-state index in [1.165, 1.54) is 10.4 Å². The van der Waals surface area contributed by atoms with E-state index in [-0.39, 0.29) is 0 Å². The number of rotatable bonds is 5. The number of aliphatic imine (C=N–C) groups is 1. The van der Waals surface area contributed by atoms with Gasteiger partial charge in [-0.1, -0.05) is 37.3 Å². The van der Waals surface area contributed by atoms with Crippen LogP contribution < -0.4 is 10.6 Å². The number of aryl methyl sites for hydroxylation is 1. The molecule has 0 saturated heterocycles. The minimum absolute atomic E-state index is 0.707. The third-order valence-electron chi connectivity index (χ3n) is 2.88. The number of nitrogens with one attached hydrogen (secondary N) is 2. The van der Waals surface area contributed by atoms with E-state index >= 15 is 0 Å². The van der Waals surface area contributed by atoms with Crippen LogP contribution in [0.5, 0.6) is 0 Å². The lowest BCUT2D eigenvalue weighted by Crippen LogP contribution is -2.36. The molecule has 0 saturated carbocycles. The first-order chi connectivity index (χ1) is 9.81. The van der Waals surface area contributed by atoms with Gasteiger partial charge in [-0.3, -0.25) is 4.99 Å². The lowest BCUT2D eigenvalue weighted by Gasteiger charge is -2.10. The van der Waals surface area contributed by atoms with Gasteiger partial charge >= 0.3 is 0 Å². The Labute approximate surface area is 124 Å². The van der Waals surface area contributed by atoms with Crippen LogP contribution in [0.2, 0.25) is 0 Å². The Balaban J connectivity index is 1.81. The first-order valence-corrected chi connectivity index (χ1v) is 7.55. The monoisotopic (exact) mass is 288 g/mol. The number of nitrogens with zero attached hydrogens (tertiary/aromatic N) is 2. The van der Waals surface area contributed by atoms with Gasteiger partial charge in [-0.25, -0.2) is 4.98 Å². The summed E-state index contributed by atoms with van der Waals surface area (Å²) in [6.45, 7) is 3.61. The number of hydrogen-bond acceptors (Lipinski definition) is 3. The minimum atomic E-state index is 0.707. The van der Waals surface area contributed by atoms with Crippen molar-refractivity contribution in [1.82, 2.24) is 15.6 Å². The summed E-state index contributed by atoms with van der Waals surface area (Å²) in [5.74, 6) is 0.794. The highest BCUT2D eigenvalue weighted by atomic mass is 32.1. The molecule has 2 aromatic rings. The van der Waals surface area contributed by atoms with E-state index in [0.717, 1.165) is 23.9 Å². The van der Waals surface area contributed by atoms with E-state index in [9.17, 15) is 0 Å². The summed E-state index contributed by atoms with van der Waals surface area (Å²) < 4.78 is 0. The van der Waals surface area contributed by atoms with E-state index in [0.29, 0.717) is 6.54 Å². The van der Waals surface area contributed by atoms with Gasteiger partial charge in [0, 0.05) is 24.7 Å². The van der Waals surface area contributed by atoms with Crippen LogP contribution in [0, 0.1) is 0 Å². The quantitative estimate of drug-likeness (QED) is 0.657. The van der Waals surface area contributed by atoms with Crippen molar-refractivity contribution in [3.8, 4) is 0 Å². The zero-order chi connectivity index (χ0) is 14.2. The van der Waals surface area contributed by atoms with Crippen molar-refractivity contribution >= 4 is 17.3 Å². The Bertz CT molecular complexity index is 548. The van der Waals surface area contributed by atoms with E-state index in [1.54, 1.807) is 18.4 Å². The van der Waals surface area contributed by atoms with Gasteiger partial charge in [0.2, 0.25) is 0 Å². The summed E-state index contributed by atoms with van der Waals surface area (Å²) in [6.07, 6.45) is 2.99. The van der Waals surface area contributed by atoms with Crippen molar-refractivity contribution in [2.45, 2.75) is 26.4 Å². The molecule has 5 heteroatoms. The number of benzene rings is 1. The first kappa shape index (κ1) is 14.5. The van der Waals surface area contributed by atoms with E-state index in [4.69, 9.17) is 0 Å². The van der Waals surface area contributed by atoms with Crippen LogP contribution in [-0.4, -0.2) is 18.0 Å². The molecule has 2 N–H and O–H groups in total. The van der Waals surface area contributed by atoms with Crippen molar-refractivity contribution < 1.29 is 0 Å². The largest absolute Gasteiger partial charge is 0.352 e. The molecule has 1 aromatic carbocycles. The molecule has 0 aliphatic rings. The molecule has 0 fully saturated rings. The van der Waals surface area contributed by atoms with E-state index in [2.05, 4.69) is 39.7 Å². The lowest BCUT2D eigenvalue weighted by atomic mass is 10.2. The molecule has 0 bridgehead atoms. The fourth-order valence-electron chi connectivity index (χ4n) is 1.75. The Morgan fingerprint density at radius 3 is 2.60 bits per heavy atom. The molecule has 20 heavy (non-hydrogen) atoms. The van der Waals surface area contributed by atoms with Crippen molar-refractivity contribution in [1.29, 1.82) is 0 Å². The van der Waals surface area contributed by atoms with Crippen LogP contribution in [0.1, 0.15) is 22.4 Å². The average Bonchev–Trinajstić information content (AvgIpc) is 2.96. The molecule has 1 aromatic heterocycles. The fraction of sp³-hybridized carbons (Fsp3) is 0.333. The van der Waals surface area contributed by atoms with E-state index < -0.39 is 0 Å². The summed E-state index contributed by atoms with van der Waals surface area (Å²) in [6, 6.07) is 10.3. The number of thiazole rings is 1. The molecular formula is C15H20N4S. The van der Waals surface area contributed by atoms with Crippen molar-refractivity contribution in [2.75, 3.05) is 7.05 Å². The van der Waals surface area contributed by atoms with Crippen LogP contribution in [0.25, 0.3) is 0 Å². The van der Waals surface area contributed by atoms with Crippen LogP contribution in [0.4, 0.5) is 0 Å². The van der Waals surface area contributed by atoms with Gasteiger partial charge in [0.05, 0.1) is 6.54 Å². The summed E-state index contributed by atoms with van der Waals surface area (Å²) >= 11 is 1.74.